The quantitative estimate of drug-likeness (QED) is 0.269. The maximum Gasteiger partial charge on any atom is 0.456 e. The maximum atomic E-state index is 14.8. The highest BCUT2D eigenvalue weighted by Gasteiger charge is 2.68. The number of allylic oxidation sites excluding steroid dienone is 4. The van der Waals surface area contributed by atoms with Crippen molar-refractivity contribution in [2.45, 2.75) is 81.4 Å². The summed E-state index contributed by atoms with van der Waals surface area (Å²) in [5.41, 5.74) is 4.19. The SMILES string of the molecule is CCC1C2CCC3=CC(=O)CCC3=C2[C@@H](c2ccc(-c3ccc(SC)cc3)cc2)C[C@]1(C)[C@H](O)C(F)(F)C(F)(F)F. The fraction of sp³-hybridized carbons (Fsp3) is 0.485. The first kappa shape index (κ1) is 30.0. The zero-order valence-electron chi connectivity index (χ0n) is 23.4. The zero-order chi connectivity index (χ0) is 29.7. The zero-order valence-corrected chi connectivity index (χ0v) is 24.2. The highest BCUT2D eigenvalue weighted by Crippen LogP contribution is 2.63. The first-order valence-corrected chi connectivity index (χ1v) is 15.4. The summed E-state index contributed by atoms with van der Waals surface area (Å²) in [6.07, 6.45) is -2.72. The van der Waals surface area contributed by atoms with Crippen LogP contribution in [-0.4, -0.2) is 35.3 Å². The summed E-state index contributed by atoms with van der Waals surface area (Å²) in [5, 5.41) is 10.9. The number of carbonyl (C=O) groups excluding carboxylic acids is 1. The molecule has 2 unspecified atom stereocenters. The van der Waals surface area contributed by atoms with Crippen LogP contribution in [0.3, 0.4) is 0 Å². The molecule has 0 amide bonds. The molecule has 2 aromatic rings. The molecule has 0 saturated heterocycles. The summed E-state index contributed by atoms with van der Waals surface area (Å²) in [6.45, 7) is 3.22. The van der Waals surface area contributed by atoms with Gasteiger partial charge in [-0.3, -0.25) is 4.79 Å². The van der Waals surface area contributed by atoms with Crippen LogP contribution in [0.15, 0.2) is 76.2 Å². The molecular weight excluding hydrogens is 555 g/mol. The maximum absolute atomic E-state index is 14.8. The van der Waals surface area contributed by atoms with Gasteiger partial charge in [-0.1, -0.05) is 62.2 Å². The smallest absolute Gasteiger partial charge is 0.386 e. The first-order valence-electron chi connectivity index (χ1n) is 14.2. The number of thioether (sulfide) groups is 1. The first-order chi connectivity index (χ1) is 19.3. The van der Waals surface area contributed by atoms with Crippen molar-refractivity contribution in [2.24, 2.45) is 17.3 Å². The fourth-order valence-electron chi connectivity index (χ4n) is 7.68. The predicted octanol–water partition coefficient (Wildman–Crippen LogP) is 9.15. The van der Waals surface area contributed by atoms with Gasteiger partial charge in [0, 0.05) is 22.6 Å². The summed E-state index contributed by atoms with van der Waals surface area (Å²) in [6, 6.07) is 15.9. The second-order valence-electron chi connectivity index (χ2n) is 11.9. The van der Waals surface area contributed by atoms with Crippen molar-refractivity contribution >= 4 is 17.5 Å². The van der Waals surface area contributed by atoms with E-state index in [1.54, 1.807) is 24.8 Å². The molecule has 0 radical (unpaired) electrons. The Morgan fingerprint density at radius 3 is 2.15 bits per heavy atom. The molecule has 0 aliphatic heterocycles. The lowest BCUT2D eigenvalue weighted by Crippen LogP contribution is -2.59. The van der Waals surface area contributed by atoms with Crippen molar-refractivity contribution < 1.29 is 31.9 Å². The number of aliphatic hydroxyl groups is 1. The standard InChI is InChI=1S/C33H35F5O2S/c1-4-28-26-15-11-22-17-23(39)12-16-25(22)29(26)27(18-31(28,2)30(40)32(34,35)33(36,37)38)21-7-5-19(6-8-21)20-9-13-24(41-3)14-10-20/h5-10,13-14,17,26-28,30,40H,4,11-12,15-16,18H2,1-3H3/t26?,27-,28?,30+,31+/m1/s1. The molecule has 3 aliphatic rings. The number of benzene rings is 2. The van der Waals surface area contributed by atoms with E-state index in [4.69, 9.17) is 0 Å². The van der Waals surface area contributed by atoms with Crippen molar-refractivity contribution in [3.05, 3.63) is 76.9 Å². The van der Waals surface area contributed by atoms with Gasteiger partial charge in [0.25, 0.3) is 0 Å². The molecule has 0 heterocycles. The summed E-state index contributed by atoms with van der Waals surface area (Å²) in [5.74, 6) is -6.47. The molecule has 1 saturated carbocycles. The van der Waals surface area contributed by atoms with Crippen molar-refractivity contribution in [1.82, 2.24) is 0 Å². The summed E-state index contributed by atoms with van der Waals surface area (Å²) in [4.78, 5) is 13.4. The second kappa shape index (κ2) is 11.0. The van der Waals surface area contributed by atoms with Gasteiger partial charge in [0.2, 0.25) is 0 Å². The molecule has 41 heavy (non-hydrogen) atoms. The Morgan fingerprint density at radius 1 is 0.976 bits per heavy atom. The average molecular weight is 591 g/mol. The van der Waals surface area contributed by atoms with Gasteiger partial charge in [-0.15, -0.1) is 11.8 Å². The number of halogens is 5. The molecule has 1 N–H and O–H groups in total. The molecular formula is C33H35F5O2S. The number of alkyl halides is 5. The molecule has 220 valence electrons. The predicted molar refractivity (Wildman–Crippen MR) is 152 cm³/mol. The van der Waals surface area contributed by atoms with E-state index < -0.39 is 35.5 Å². The Hall–Kier alpha value is -2.45. The monoisotopic (exact) mass is 590 g/mol. The van der Waals surface area contributed by atoms with Crippen molar-refractivity contribution in [3.63, 3.8) is 0 Å². The molecule has 0 bridgehead atoms. The van der Waals surface area contributed by atoms with Crippen LogP contribution in [0, 0.1) is 17.3 Å². The van der Waals surface area contributed by atoms with Crippen LogP contribution in [0.5, 0.6) is 0 Å². The highest BCUT2D eigenvalue weighted by atomic mass is 32.2. The molecule has 2 nitrogen and oxygen atoms in total. The Morgan fingerprint density at radius 2 is 1.59 bits per heavy atom. The van der Waals surface area contributed by atoms with Gasteiger partial charge in [-0.25, -0.2) is 0 Å². The molecule has 0 spiro atoms. The third-order valence-corrected chi connectivity index (χ3v) is 10.4. The van der Waals surface area contributed by atoms with E-state index in [0.29, 0.717) is 32.1 Å². The number of ketones is 1. The number of fused-ring (bicyclic) bond motifs is 2. The van der Waals surface area contributed by atoms with Crippen LogP contribution in [0.25, 0.3) is 11.1 Å². The van der Waals surface area contributed by atoms with Crippen molar-refractivity contribution in [2.75, 3.05) is 6.26 Å². The minimum Gasteiger partial charge on any atom is -0.386 e. The molecule has 0 aromatic heterocycles. The van der Waals surface area contributed by atoms with E-state index >= 15 is 0 Å². The van der Waals surface area contributed by atoms with E-state index in [2.05, 4.69) is 0 Å². The van der Waals surface area contributed by atoms with Gasteiger partial charge in [0.05, 0.1) is 0 Å². The highest BCUT2D eigenvalue weighted by molar-refractivity contribution is 7.98. The van der Waals surface area contributed by atoms with Crippen molar-refractivity contribution in [3.8, 4) is 11.1 Å². The number of carbonyl (C=O) groups is 1. The number of rotatable bonds is 6. The number of hydrogen-bond acceptors (Lipinski definition) is 3. The van der Waals surface area contributed by atoms with E-state index in [1.165, 1.54) is 6.92 Å². The Bertz CT molecular complexity index is 1360. The Kier molecular flexibility index (Phi) is 8.05. The summed E-state index contributed by atoms with van der Waals surface area (Å²) >= 11 is 1.65. The average Bonchev–Trinajstić information content (AvgIpc) is 2.95. The third-order valence-electron chi connectivity index (χ3n) is 9.69. The molecule has 1 fully saturated rings. The molecule has 5 atom stereocenters. The van der Waals surface area contributed by atoms with Crippen LogP contribution in [0.4, 0.5) is 22.0 Å². The third kappa shape index (κ3) is 5.20. The van der Waals surface area contributed by atoms with Crippen LogP contribution < -0.4 is 0 Å². The van der Waals surface area contributed by atoms with Crippen LogP contribution in [-0.2, 0) is 4.79 Å². The molecule has 5 rings (SSSR count). The van der Waals surface area contributed by atoms with E-state index in [0.717, 1.165) is 38.3 Å². The van der Waals surface area contributed by atoms with Gasteiger partial charge in [0.1, 0.15) is 6.10 Å². The normalized spacial score (nSPS) is 27.7. The minimum atomic E-state index is -5.86. The van der Waals surface area contributed by atoms with Crippen LogP contribution in [0.2, 0.25) is 0 Å². The van der Waals surface area contributed by atoms with E-state index in [1.807, 2.05) is 54.8 Å². The number of aliphatic hydroxyl groups excluding tert-OH is 1. The largest absolute Gasteiger partial charge is 0.456 e. The van der Waals surface area contributed by atoms with Gasteiger partial charge in [-0.05, 0) is 89.8 Å². The number of hydrogen-bond donors (Lipinski definition) is 1. The fourth-order valence-corrected chi connectivity index (χ4v) is 8.08. The van der Waals surface area contributed by atoms with E-state index in [-0.39, 0.29) is 18.1 Å². The van der Waals surface area contributed by atoms with Gasteiger partial charge in [0.15, 0.2) is 5.78 Å². The summed E-state index contributed by atoms with van der Waals surface area (Å²) < 4.78 is 70.2. The molecule has 8 heteroatoms. The van der Waals surface area contributed by atoms with Crippen molar-refractivity contribution in [1.29, 1.82) is 0 Å². The van der Waals surface area contributed by atoms with E-state index in [9.17, 15) is 31.9 Å². The minimum absolute atomic E-state index is 0.0450. The van der Waals surface area contributed by atoms with Gasteiger partial charge in [-0.2, -0.15) is 22.0 Å². The lowest BCUT2D eigenvalue weighted by molar-refractivity contribution is -0.333. The molecule has 3 aliphatic carbocycles. The summed E-state index contributed by atoms with van der Waals surface area (Å²) in [7, 11) is 0. The Balaban J connectivity index is 1.62. The Labute approximate surface area is 242 Å². The van der Waals surface area contributed by atoms with Crippen LogP contribution in [0.1, 0.15) is 63.9 Å². The van der Waals surface area contributed by atoms with Gasteiger partial charge < -0.3 is 5.11 Å². The second-order valence-corrected chi connectivity index (χ2v) is 12.7. The van der Waals surface area contributed by atoms with Crippen LogP contribution >= 0.6 is 11.8 Å². The topological polar surface area (TPSA) is 37.3 Å². The molecule has 2 aromatic carbocycles. The van der Waals surface area contributed by atoms with Gasteiger partial charge >= 0.3 is 12.1 Å². The lowest BCUT2D eigenvalue weighted by atomic mass is 9.50. The lowest BCUT2D eigenvalue weighted by Gasteiger charge is -2.56.